The zero-order valence-corrected chi connectivity index (χ0v) is 55.8. The van der Waals surface area contributed by atoms with Crippen LogP contribution in [0.2, 0.25) is 0 Å². The van der Waals surface area contributed by atoms with Crippen molar-refractivity contribution in [3.8, 4) is 0 Å². The molecule has 0 rings (SSSR count). The number of aliphatic hydroxyl groups excluding tert-OH is 2. The first-order valence-electron chi connectivity index (χ1n) is 37.6. The van der Waals surface area contributed by atoms with Crippen molar-refractivity contribution in [1.29, 1.82) is 0 Å². The minimum absolute atomic E-state index is 0.0130. The summed E-state index contributed by atoms with van der Waals surface area (Å²) in [5, 5.41) is 23.4. The molecule has 0 aromatic carbocycles. The normalized spacial score (nSPS) is 12.6. The van der Waals surface area contributed by atoms with E-state index in [0.29, 0.717) is 25.9 Å². The van der Waals surface area contributed by atoms with Gasteiger partial charge in [-0.05, 0) is 57.8 Å². The summed E-state index contributed by atoms with van der Waals surface area (Å²) in [5.74, 6) is -0.0275. The van der Waals surface area contributed by atoms with Crippen LogP contribution in [-0.2, 0) is 14.3 Å². The number of nitrogens with one attached hydrogen (secondary N) is 1. The van der Waals surface area contributed by atoms with Gasteiger partial charge >= 0.3 is 5.97 Å². The van der Waals surface area contributed by atoms with Gasteiger partial charge in [-0.3, -0.25) is 9.59 Å². The number of amides is 1. The van der Waals surface area contributed by atoms with Gasteiger partial charge in [0.25, 0.3) is 0 Å². The van der Waals surface area contributed by atoms with Crippen molar-refractivity contribution >= 4 is 11.9 Å². The summed E-state index contributed by atoms with van der Waals surface area (Å²) in [6.45, 7) is 5.00. The van der Waals surface area contributed by atoms with E-state index in [1.807, 2.05) is 0 Å². The molecule has 486 valence electrons. The van der Waals surface area contributed by atoms with Gasteiger partial charge in [0.05, 0.1) is 25.4 Å². The predicted octanol–water partition coefficient (Wildman–Crippen LogP) is 24.5. The number of ether oxygens (including phenoxy) is 1. The van der Waals surface area contributed by atoms with Crippen LogP contribution in [0.25, 0.3) is 0 Å². The number of rotatable bonds is 71. The van der Waals surface area contributed by atoms with Crippen molar-refractivity contribution in [1.82, 2.24) is 5.32 Å². The van der Waals surface area contributed by atoms with Crippen molar-refractivity contribution in [3.05, 3.63) is 24.3 Å². The molecule has 0 saturated carbocycles. The number of carbonyl (C=O) groups excluding carboxylic acids is 2. The molecule has 1 amide bonds. The van der Waals surface area contributed by atoms with Crippen LogP contribution in [0.4, 0.5) is 0 Å². The molecule has 6 heteroatoms. The lowest BCUT2D eigenvalue weighted by Gasteiger charge is -2.22. The summed E-state index contributed by atoms with van der Waals surface area (Å²) in [6, 6.07) is -0.551. The van der Waals surface area contributed by atoms with E-state index in [1.54, 1.807) is 0 Å². The highest BCUT2D eigenvalue weighted by Gasteiger charge is 2.20. The first-order chi connectivity index (χ1) is 40.5. The minimum Gasteiger partial charge on any atom is -0.466 e. The largest absolute Gasteiger partial charge is 0.466 e. The van der Waals surface area contributed by atoms with Crippen LogP contribution in [0, 0.1) is 0 Å². The van der Waals surface area contributed by atoms with Gasteiger partial charge in [-0.25, -0.2) is 0 Å². The van der Waals surface area contributed by atoms with Crippen LogP contribution >= 0.6 is 0 Å². The number of carbonyl (C=O) groups is 2. The maximum atomic E-state index is 12.6. The Morgan fingerprint density at radius 2 is 0.610 bits per heavy atom. The number of hydrogen-bond acceptors (Lipinski definition) is 5. The predicted molar refractivity (Wildman–Crippen MR) is 361 cm³/mol. The van der Waals surface area contributed by atoms with E-state index in [0.717, 1.165) is 44.9 Å². The summed E-state index contributed by atoms with van der Waals surface area (Å²) < 4.78 is 5.51. The van der Waals surface area contributed by atoms with Gasteiger partial charge in [-0.15, -0.1) is 0 Å². The van der Waals surface area contributed by atoms with E-state index in [1.165, 1.54) is 347 Å². The maximum Gasteiger partial charge on any atom is 0.305 e. The Labute approximate surface area is 513 Å². The van der Waals surface area contributed by atoms with Crippen LogP contribution in [-0.4, -0.2) is 47.4 Å². The molecule has 0 aromatic rings. The molecule has 0 aromatic heterocycles. The van der Waals surface area contributed by atoms with E-state index < -0.39 is 12.1 Å². The van der Waals surface area contributed by atoms with E-state index in [-0.39, 0.29) is 18.5 Å². The van der Waals surface area contributed by atoms with Crippen LogP contribution in [0.3, 0.4) is 0 Å². The van der Waals surface area contributed by atoms with Gasteiger partial charge in [0.1, 0.15) is 0 Å². The average molecular weight is 1160 g/mol. The van der Waals surface area contributed by atoms with Crippen molar-refractivity contribution < 1.29 is 24.5 Å². The Hall–Kier alpha value is -1.66. The van der Waals surface area contributed by atoms with Crippen molar-refractivity contribution in [2.75, 3.05) is 13.2 Å². The fourth-order valence-electron chi connectivity index (χ4n) is 12.0. The Morgan fingerprint density at radius 1 is 0.341 bits per heavy atom. The molecule has 2 unspecified atom stereocenters. The van der Waals surface area contributed by atoms with Crippen molar-refractivity contribution in [2.45, 2.75) is 437 Å². The molecule has 82 heavy (non-hydrogen) atoms. The zero-order valence-electron chi connectivity index (χ0n) is 55.8. The first kappa shape index (κ1) is 80.3. The summed E-state index contributed by atoms with van der Waals surface area (Å²) in [6.07, 6.45) is 91.0. The molecule has 0 aliphatic rings. The summed E-state index contributed by atoms with van der Waals surface area (Å²) in [4.78, 5) is 24.7. The Morgan fingerprint density at radius 3 is 0.927 bits per heavy atom. The van der Waals surface area contributed by atoms with Crippen LogP contribution in [0.1, 0.15) is 425 Å². The third-order valence-corrected chi connectivity index (χ3v) is 17.8. The Bertz CT molecular complexity index is 1280. The fourth-order valence-corrected chi connectivity index (χ4v) is 12.0. The van der Waals surface area contributed by atoms with Gasteiger partial charge in [-0.1, -0.05) is 378 Å². The molecule has 0 fully saturated rings. The van der Waals surface area contributed by atoms with Gasteiger partial charge < -0.3 is 20.3 Å². The molecule has 2 atom stereocenters. The Kier molecular flexibility index (Phi) is 70.4. The van der Waals surface area contributed by atoms with Crippen LogP contribution < -0.4 is 5.32 Å². The standard InChI is InChI=1S/C76H147NO5/c1-3-5-7-9-11-13-15-17-19-21-23-24-26-29-33-36-40-44-48-52-56-60-64-68-74(79)73(72-78)77-75(80)69-65-61-57-53-49-45-41-37-34-30-27-25-28-31-35-39-43-47-51-55-59-63-67-71-82-76(81)70-66-62-58-54-50-46-42-38-32-22-20-18-16-14-12-10-8-6-4-2/h25,28,30,34,73-74,78-79H,3-24,26-27,29,31-33,35-72H2,1-2H3,(H,77,80)/b28-25-,34-30-. The molecule has 0 saturated heterocycles. The van der Waals surface area contributed by atoms with Gasteiger partial charge in [-0.2, -0.15) is 0 Å². The van der Waals surface area contributed by atoms with Gasteiger partial charge in [0.2, 0.25) is 5.91 Å². The van der Waals surface area contributed by atoms with E-state index in [4.69, 9.17) is 4.74 Å². The summed E-state index contributed by atoms with van der Waals surface area (Å²) >= 11 is 0. The second-order valence-corrected chi connectivity index (χ2v) is 26.0. The molecule has 0 heterocycles. The molecular formula is C76H147NO5. The molecule has 0 aliphatic heterocycles. The van der Waals surface area contributed by atoms with Gasteiger partial charge in [0.15, 0.2) is 0 Å². The quantitative estimate of drug-likeness (QED) is 0.0320. The topological polar surface area (TPSA) is 95.9 Å². The monoisotopic (exact) mass is 1150 g/mol. The average Bonchev–Trinajstić information content (AvgIpc) is 3.48. The lowest BCUT2D eigenvalue weighted by atomic mass is 10.0. The Balaban J connectivity index is 3.42. The molecule has 0 radical (unpaired) electrons. The van der Waals surface area contributed by atoms with E-state index >= 15 is 0 Å². The highest BCUT2D eigenvalue weighted by atomic mass is 16.5. The highest BCUT2D eigenvalue weighted by Crippen LogP contribution is 2.19. The van der Waals surface area contributed by atoms with Crippen LogP contribution in [0.5, 0.6) is 0 Å². The van der Waals surface area contributed by atoms with Crippen molar-refractivity contribution in [2.24, 2.45) is 0 Å². The van der Waals surface area contributed by atoms with E-state index in [9.17, 15) is 19.8 Å². The number of allylic oxidation sites excluding steroid dienone is 4. The number of unbranched alkanes of at least 4 members (excludes halogenated alkanes) is 56. The smallest absolute Gasteiger partial charge is 0.305 e. The summed E-state index contributed by atoms with van der Waals surface area (Å²) in [7, 11) is 0. The minimum atomic E-state index is -0.672. The summed E-state index contributed by atoms with van der Waals surface area (Å²) in [5.41, 5.74) is 0. The number of esters is 1. The molecule has 0 spiro atoms. The number of hydrogen-bond donors (Lipinski definition) is 3. The second-order valence-electron chi connectivity index (χ2n) is 26.0. The van der Waals surface area contributed by atoms with Crippen LogP contribution in [0.15, 0.2) is 24.3 Å². The molecule has 6 nitrogen and oxygen atoms in total. The van der Waals surface area contributed by atoms with E-state index in [2.05, 4.69) is 43.5 Å². The second kappa shape index (κ2) is 71.8. The lowest BCUT2D eigenvalue weighted by molar-refractivity contribution is -0.143. The lowest BCUT2D eigenvalue weighted by Crippen LogP contribution is -2.45. The molecule has 0 aliphatic carbocycles. The van der Waals surface area contributed by atoms with Gasteiger partial charge in [0, 0.05) is 12.8 Å². The zero-order chi connectivity index (χ0) is 59.2. The third-order valence-electron chi connectivity index (χ3n) is 17.8. The highest BCUT2D eigenvalue weighted by molar-refractivity contribution is 5.76. The third kappa shape index (κ3) is 67.5. The first-order valence-corrected chi connectivity index (χ1v) is 37.6. The number of aliphatic hydroxyl groups is 2. The SMILES string of the molecule is CCCCCCCCCCCCCCCCCCCCCCCCCC(O)C(CO)NC(=O)CCCCCCCCC/C=C\C/C=C\CCCCCCCCCCCOC(=O)CCCCCCCCCCCCCCCCCCCCC. The maximum absolute atomic E-state index is 12.6. The molecule has 3 N–H and O–H groups in total. The molecular weight excluding hydrogens is 1010 g/mol. The fraction of sp³-hybridized carbons (Fsp3) is 0.921. The molecule has 0 bridgehead atoms. The van der Waals surface area contributed by atoms with Crippen molar-refractivity contribution in [3.63, 3.8) is 0 Å².